The molecule has 2 atom stereocenters. The summed E-state index contributed by atoms with van der Waals surface area (Å²) in [5, 5.41) is 23.3. The van der Waals surface area contributed by atoms with E-state index in [1.54, 1.807) is 22.3 Å². The lowest BCUT2D eigenvalue weighted by atomic mass is 9.91. The van der Waals surface area contributed by atoms with E-state index in [1.165, 1.54) is 17.7 Å². The van der Waals surface area contributed by atoms with Crippen LogP contribution in [0.1, 0.15) is 71.1 Å². The molecule has 2 amide bonds. The molecular weight excluding hydrogens is 488 g/mol. The molecule has 1 spiro atoms. The molecule has 3 aromatic heterocycles. The zero-order chi connectivity index (χ0) is 25.3. The maximum Gasteiger partial charge on any atom is 0.254 e. The van der Waals surface area contributed by atoms with E-state index in [0.717, 1.165) is 54.2 Å². The number of amides is 2. The number of aryl methyl sites for hydroxylation is 3. The van der Waals surface area contributed by atoms with Crippen LogP contribution in [-0.2, 0) is 24.7 Å². The summed E-state index contributed by atoms with van der Waals surface area (Å²) >= 11 is 1.58. The number of rotatable bonds is 8. The van der Waals surface area contributed by atoms with Crippen molar-refractivity contribution in [2.24, 2.45) is 24.3 Å². The number of hydrogen-bond acceptors (Lipinski definition) is 7. The first-order chi connectivity index (χ1) is 17.9. The quantitative estimate of drug-likeness (QED) is 0.416. The Balaban J connectivity index is 1.15. The van der Waals surface area contributed by atoms with Crippen LogP contribution in [0.25, 0.3) is 0 Å². The van der Waals surface area contributed by atoms with Crippen LogP contribution >= 0.6 is 11.3 Å². The lowest BCUT2D eigenvalue weighted by Gasteiger charge is -2.25. The van der Waals surface area contributed by atoms with Crippen molar-refractivity contribution in [1.82, 2.24) is 29.9 Å². The highest BCUT2D eigenvalue weighted by molar-refractivity contribution is 7.17. The summed E-state index contributed by atoms with van der Waals surface area (Å²) in [7, 11) is 1.89. The topological polar surface area (TPSA) is 119 Å². The highest BCUT2D eigenvalue weighted by Crippen LogP contribution is 2.70. The van der Waals surface area contributed by atoms with Crippen molar-refractivity contribution in [3.63, 3.8) is 0 Å². The third-order valence-electron chi connectivity index (χ3n) is 8.55. The Kier molecular flexibility index (Phi) is 5.21. The van der Waals surface area contributed by atoms with Crippen molar-refractivity contribution >= 4 is 39.9 Å². The molecular formula is C26H32N8O2S. The van der Waals surface area contributed by atoms with Gasteiger partial charge in [0.2, 0.25) is 11.9 Å². The molecule has 37 heavy (non-hydrogen) atoms. The molecule has 0 bridgehead atoms. The first-order valence-corrected chi connectivity index (χ1v) is 14.1. The van der Waals surface area contributed by atoms with Gasteiger partial charge in [0.25, 0.3) is 5.91 Å². The zero-order valence-corrected chi connectivity index (χ0v) is 22.0. The predicted molar refractivity (Wildman–Crippen MR) is 140 cm³/mol. The molecule has 194 valence electrons. The molecule has 0 radical (unpaired) electrons. The van der Waals surface area contributed by atoms with Crippen molar-refractivity contribution in [1.29, 1.82) is 0 Å². The molecule has 10 nitrogen and oxygen atoms in total. The number of thiophene rings is 1. The Bertz CT molecular complexity index is 1400. The molecule has 4 aliphatic carbocycles. The molecule has 11 heteroatoms. The summed E-state index contributed by atoms with van der Waals surface area (Å²) in [6.07, 6.45) is 9.88. The van der Waals surface area contributed by atoms with E-state index in [4.69, 9.17) is 0 Å². The van der Waals surface area contributed by atoms with Crippen molar-refractivity contribution in [2.75, 3.05) is 17.2 Å². The van der Waals surface area contributed by atoms with Crippen LogP contribution in [0.4, 0.5) is 16.8 Å². The molecule has 4 aliphatic rings. The highest BCUT2D eigenvalue weighted by atomic mass is 32.1. The number of carbonyl (C=O) groups excluding carboxylic acids is 2. The lowest BCUT2D eigenvalue weighted by Crippen LogP contribution is -2.29. The van der Waals surface area contributed by atoms with E-state index in [1.807, 2.05) is 20.0 Å². The second-order valence-electron chi connectivity index (χ2n) is 11.3. The van der Waals surface area contributed by atoms with E-state index in [-0.39, 0.29) is 29.2 Å². The minimum atomic E-state index is -0.0650. The Labute approximate surface area is 219 Å². The SMILES string of the molecule is Cc1cc(Nc2nncn2[C@H]2CCc3sc(NC(=O)C4CC45CC5)c(C(=O)NCC4CC4)c3C2)n(C)n1. The maximum absolute atomic E-state index is 13.5. The number of nitrogens with zero attached hydrogens (tertiary/aromatic N) is 5. The van der Waals surface area contributed by atoms with Gasteiger partial charge in [-0.1, -0.05) is 0 Å². The Morgan fingerprint density at radius 1 is 1.24 bits per heavy atom. The maximum atomic E-state index is 13.5. The van der Waals surface area contributed by atoms with Gasteiger partial charge in [-0.2, -0.15) is 5.10 Å². The molecule has 3 N–H and O–H groups in total. The number of carbonyl (C=O) groups is 2. The van der Waals surface area contributed by atoms with Gasteiger partial charge in [0, 0.05) is 36.5 Å². The molecule has 3 heterocycles. The fourth-order valence-corrected chi connectivity index (χ4v) is 7.09. The fraction of sp³-hybridized carbons (Fsp3) is 0.577. The highest BCUT2D eigenvalue weighted by Gasteiger charge is 2.65. The van der Waals surface area contributed by atoms with Gasteiger partial charge < -0.3 is 16.0 Å². The zero-order valence-electron chi connectivity index (χ0n) is 21.2. The summed E-state index contributed by atoms with van der Waals surface area (Å²) in [5.41, 5.74) is 2.92. The first kappa shape index (κ1) is 22.9. The second kappa shape index (κ2) is 8.41. The van der Waals surface area contributed by atoms with Crippen LogP contribution in [-0.4, -0.2) is 42.9 Å². The summed E-state index contributed by atoms with van der Waals surface area (Å²) < 4.78 is 3.85. The van der Waals surface area contributed by atoms with Crippen LogP contribution in [0.15, 0.2) is 12.4 Å². The van der Waals surface area contributed by atoms with Crippen LogP contribution in [0, 0.1) is 24.2 Å². The van der Waals surface area contributed by atoms with E-state index < -0.39 is 0 Å². The smallest absolute Gasteiger partial charge is 0.254 e. The van der Waals surface area contributed by atoms with Crippen molar-refractivity contribution in [3.8, 4) is 0 Å². The van der Waals surface area contributed by atoms with E-state index >= 15 is 0 Å². The molecule has 3 aromatic rings. The third kappa shape index (κ3) is 4.22. The summed E-state index contributed by atoms with van der Waals surface area (Å²) in [6, 6.07) is 2.07. The van der Waals surface area contributed by atoms with Gasteiger partial charge in [-0.3, -0.25) is 18.8 Å². The normalized spacial score (nSPS) is 23.0. The molecule has 3 fully saturated rings. The third-order valence-corrected chi connectivity index (χ3v) is 9.76. The van der Waals surface area contributed by atoms with Gasteiger partial charge >= 0.3 is 0 Å². The fourth-order valence-electron chi connectivity index (χ4n) is 5.85. The number of fused-ring (bicyclic) bond motifs is 1. The van der Waals surface area contributed by atoms with Crippen LogP contribution in [0.2, 0.25) is 0 Å². The number of hydrogen-bond donors (Lipinski definition) is 3. The van der Waals surface area contributed by atoms with E-state index in [0.29, 0.717) is 30.4 Å². The second-order valence-corrected chi connectivity index (χ2v) is 12.5. The van der Waals surface area contributed by atoms with Crippen LogP contribution < -0.4 is 16.0 Å². The number of nitrogens with one attached hydrogen (secondary N) is 3. The Hall–Kier alpha value is -3.21. The minimum absolute atomic E-state index is 0.0650. The molecule has 1 unspecified atom stereocenters. The summed E-state index contributed by atoms with van der Waals surface area (Å²) in [4.78, 5) is 27.7. The Morgan fingerprint density at radius 3 is 2.78 bits per heavy atom. The lowest BCUT2D eigenvalue weighted by molar-refractivity contribution is -0.117. The number of anilines is 3. The van der Waals surface area contributed by atoms with Crippen molar-refractivity contribution < 1.29 is 9.59 Å². The first-order valence-electron chi connectivity index (χ1n) is 13.3. The Morgan fingerprint density at radius 2 is 2.08 bits per heavy atom. The van der Waals surface area contributed by atoms with Crippen molar-refractivity contribution in [2.45, 2.75) is 64.3 Å². The van der Waals surface area contributed by atoms with Gasteiger partial charge in [-0.05, 0) is 75.2 Å². The van der Waals surface area contributed by atoms with Gasteiger partial charge in [-0.15, -0.1) is 21.5 Å². The van der Waals surface area contributed by atoms with E-state index in [9.17, 15) is 9.59 Å². The van der Waals surface area contributed by atoms with Crippen LogP contribution in [0.3, 0.4) is 0 Å². The summed E-state index contributed by atoms with van der Waals surface area (Å²) in [5.74, 6) is 2.22. The molecule has 0 saturated heterocycles. The minimum Gasteiger partial charge on any atom is -0.352 e. The van der Waals surface area contributed by atoms with Gasteiger partial charge in [0.1, 0.15) is 17.1 Å². The standard InChI is InChI=1S/C26H32N8O2S/c1-14-9-20(33(2)32-14)29-25-31-28-13-34(25)16-5-6-19-17(10-16)21(23(36)27-12-15-3-4-15)24(37-19)30-22(35)18-11-26(18)7-8-26/h9,13,15-16,18H,3-8,10-12H2,1-2H3,(H,27,36)(H,29,31)(H,30,35)/t16-,18?/m0/s1. The summed E-state index contributed by atoms with van der Waals surface area (Å²) in [6.45, 7) is 2.66. The van der Waals surface area contributed by atoms with Gasteiger partial charge in [0.05, 0.1) is 11.3 Å². The average Bonchev–Trinajstić information content (AvgIpc) is 3.83. The molecule has 0 aliphatic heterocycles. The van der Waals surface area contributed by atoms with E-state index in [2.05, 4.69) is 35.8 Å². The molecule has 0 aromatic carbocycles. The van der Waals surface area contributed by atoms with Crippen LogP contribution in [0.5, 0.6) is 0 Å². The monoisotopic (exact) mass is 520 g/mol. The number of aromatic nitrogens is 5. The molecule has 3 saturated carbocycles. The van der Waals surface area contributed by atoms with Gasteiger partial charge in [-0.25, -0.2) is 0 Å². The van der Waals surface area contributed by atoms with Gasteiger partial charge in [0.15, 0.2) is 0 Å². The molecule has 7 rings (SSSR count). The average molecular weight is 521 g/mol. The van der Waals surface area contributed by atoms with Crippen molar-refractivity contribution in [3.05, 3.63) is 34.1 Å². The predicted octanol–water partition coefficient (Wildman–Crippen LogP) is 3.73. The largest absolute Gasteiger partial charge is 0.352 e.